The van der Waals surface area contributed by atoms with E-state index in [1.807, 2.05) is 0 Å². The number of nitrogens with one attached hydrogen (secondary N) is 2. The molecule has 0 radical (unpaired) electrons. The summed E-state index contributed by atoms with van der Waals surface area (Å²) in [5.41, 5.74) is -0.566. The number of aromatic nitrogens is 1. The van der Waals surface area contributed by atoms with Gasteiger partial charge < -0.3 is 9.88 Å². The van der Waals surface area contributed by atoms with Gasteiger partial charge in [-0.3, -0.25) is 9.59 Å². The van der Waals surface area contributed by atoms with Gasteiger partial charge in [-0.25, -0.2) is 13.1 Å². The van der Waals surface area contributed by atoms with Crippen LogP contribution in [0, 0.1) is 0 Å². The molecule has 0 aromatic carbocycles. The molecule has 106 valence electrons. The normalized spacial score (nSPS) is 11.3. The summed E-state index contributed by atoms with van der Waals surface area (Å²) in [5.74, 6) is -0.192. The van der Waals surface area contributed by atoms with Crippen LogP contribution in [0.2, 0.25) is 5.02 Å². The Morgan fingerprint density at radius 2 is 2.11 bits per heavy atom. The van der Waals surface area contributed by atoms with Gasteiger partial charge in [-0.05, 0) is 6.07 Å². The molecule has 2 N–H and O–H groups in total. The fourth-order valence-corrected chi connectivity index (χ4v) is 2.45. The zero-order valence-corrected chi connectivity index (χ0v) is 12.0. The second kappa shape index (κ2) is 6.18. The second-order valence-electron chi connectivity index (χ2n) is 3.95. The Bertz CT molecular complexity index is 624. The van der Waals surface area contributed by atoms with Crippen molar-refractivity contribution in [2.75, 3.05) is 20.6 Å². The fraction of sp³-hybridized carbons (Fsp3) is 0.400. The molecule has 7 nitrogen and oxygen atoms in total. The second-order valence-corrected chi connectivity index (χ2v) is 6.12. The Morgan fingerprint density at radius 1 is 1.47 bits per heavy atom. The number of hydrogen-bond acceptors (Lipinski definition) is 4. The summed E-state index contributed by atoms with van der Waals surface area (Å²) in [6, 6.07) is 1.05. The van der Waals surface area contributed by atoms with Crippen LogP contribution in [0.5, 0.6) is 0 Å². The number of sulfonamides is 1. The van der Waals surface area contributed by atoms with Gasteiger partial charge in [0.15, 0.2) is 0 Å². The molecule has 1 aromatic heterocycles. The number of pyridine rings is 1. The largest absolute Gasteiger partial charge is 0.349 e. The molecule has 9 heteroatoms. The van der Waals surface area contributed by atoms with Gasteiger partial charge in [0.1, 0.15) is 5.02 Å². The average molecular weight is 308 g/mol. The Hall–Kier alpha value is -1.38. The lowest BCUT2D eigenvalue weighted by molar-refractivity contribution is -0.128. The lowest BCUT2D eigenvalue weighted by Crippen LogP contribution is -2.30. The van der Waals surface area contributed by atoms with Crippen molar-refractivity contribution in [3.05, 3.63) is 27.6 Å². The number of halogens is 1. The van der Waals surface area contributed by atoms with Gasteiger partial charge in [-0.15, -0.1) is 0 Å². The molecule has 1 aromatic rings. The molecule has 0 atom stereocenters. The van der Waals surface area contributed by atoms with E-state index in [0.717, 1.165) is 12.3 Å². The molecule has 0 saturated heterocycles. The number of amides is 1. The molecule has 0 saturated carbocycles. The van der Waals surface area contributed by atoms with E-state index in [2.05, 4.69) is 9.71 Å². The van der Waals surface area contributed by atoms with Crippen LogP contribution in [0.1, 0.15) is 6.42 Å². The number of rotatable bonds is 5. The minimum Gasteiger partial charge on any atom is -0.349 e. The van der Waals surface area contributed by atoms with Gasteiger partial charge in [0.25, 0.3) is 5.56 Å². The van der Waals surface area contributed by atoms with Crippen molar-refractivity contribution < 1.29 is 13.2 Å². The molecule has 0 unspecified atom stereocenters. The first-order chi connectivity index (χ1) is 8.74. The third-order valence-corrected chi connectivity index (χ3v) is 3.99. The van der Waals surface area contributed by atoms with Crippen LogP contribution in [0.25, 0.3) is 0 Å². The fourth-order valence-electron chi connectivity index (χ4n) is 1.19. The van der Waals surface area contributed by atoms with Gasteiger partial charge in [-0.2, -0.15) is 0 Å². The van der Waals surface area contributed by atoms with Crippen LogP contribution in [0.3, 0.4) is 0 Å². The summed E-state index contributed by atoms with van der Waals surface area (Å²) in [5, 5.41) is -0.216. The van der Waals surface area contributed by atoms with Crippen LogP contribution in [0.4, 0.5) is 0 Å². The predicted molar refractivity (Wildman–Crippen MR) is 70.6 cm³/mol. The third-order valence-electron chi connectivity index (χ3n) is 2.27. The Balaban J connectivity index is 2.74. The zero-order chi connectivity index (χ0) is 14.6. The summed E-state index contributed by atoms with van der Waals surface area (Å²) in [7, 11) is -0.632. The number of carbonyl (C=O) groups is 1. The van der Waals surface area contributed by atoms with E-state index in [-0.39, 0.29) is 28.8 Å². The maximum atomic E-state index is 11.8. The molecule has 0 aliphatic heterocycles. The molecule has 1 rings (SSSR count). The molecule has 1 amide bonds. The molecule has 0 aliphatic rings. The van der Waals surface area contributed by atoms with Crippen LogP contribution in [-0.4, -0.2) is 44.8 Å². The molecule has 1 heterocycles. The maximum Gasteiger partial charge on any atom is 0.266 e. The van der Waals surface area contributed by atoms with E-state index in [1.54, 1.807) is 14.1 Å². The van der Waals surface area contributed by atoms with Gasteiger partial charge in [0.05, 0.1) is 4.90 Å². The van der Waals surface area contributed by atoms with Crippen molar-refractivity contribution in [3.63, 3.8) is 0 Å². The Morgan fingerprint density at radius 3 is 2.63 bits per heavy atom. The highest BCUT2D eigenvalue weighted by molar-refractivity contribution is 7.89. The summed E-state index contributed by atoms with van der Waals surface area (Å²) in [6.45, 7) is -0.0317. The van der Waals surface area contributed by atoms with E-state index in [0.29, 0.717) is 0 Å². The Kier molecular flexibility index (Phi) is 5.10. The number of aromatic amines is 1. The molecule has 0 bridgehead atoms. The highest BCUT2D eigenvalue weighted by Gasteiger charge is 2.16. The van der Waals surface area contributed by atoms with Crippen LogP contribution >= 0.6 is 11.6 Å². The monoisotopic (exact) mass is 307 g/mol. The van der Waals surface area contributed by atoms with Crippen molar-refractivity contribution in [2.45, 2.75) is 11.3 Å². The zero-order valence-electron chi connectivity index (χ0n) is 10.4. The van der Waals surface area contributed by atoms with Crippen LogP contribution < -0.4 is 10.3 Å². The molecule has 0 aliphatic carbocycles. The lowest BCUT2D eigenvalue weighted by atomic mass is 10.4. The first kappa shape index (κ1) is 15.7. The van der Waals surface area contributed by atoms with E-state index in [1.165, 1.54) is 4.90 Å². The molecular formula is C10H14ClN3O4S. The number of H-pyrrole nitrogens is 1. The molecular weight excluding hydrogens is 294 g/mol. The highest BCUT2D eigenvalue weighted by atomic mass is 35.5. The van der Waals surface area contributed by atoms with Crippen LogP contribution in [0.15, 0.2) is 22.0 Å². The lowest BCUT2D eigenvalue weighted by Gasteiger charge is -2.10. The third kappa shape index (κ3) is 4.34. The first-order valence-corrected chi connectivity index (χ1v) is 7.18. The molecule has 0 fully saturated rings. The predicted octanol–water partition coefficient (Wildman–Crippen LogP) is -0.215. The maximum absolute atomic E-state index is 11.8. The summed E-state index contributed by atoms with van der Waals surface area (Å²) in [4.78, 5) is 25.7. The average Bonchev–Trinajstić information content (AvgIpc) is 2.32. The summed E-state index contributed by atoms with van der Waals surface area (Å²) in [6.07, 6.45) is 1.09. The van der Waals surface area contributed by atoms with Crippen molar-refractivity contribution in [1.82, 2.24) is 14.6 Å². The van der Waals surface area contributed by atoms with Crippen molar-refractivity contribution in [1.29, 1.82) is 0 Å². The smallest absolute Gasteiger partial charge is 0.266 e. The minimum atomic E-state index is -3.80. The van der Waals surface area contributed by atoms with E-state index in [4.69, 9.17) is 11.6 Å². The van der Waals surface area contributed by atoms with Gasteiger partial charge in [0.2, 0.25) is 15.9 Å². The van der Waals surface area contributed by atoms with Gasteiger partial charge in [-0.1, -0.05) is 11.6 Å². The number of hydrogen-bond donors (Lipinski definition) is 2. The van der Waals surface area contributed by atoms with Gasteiger partial charge >= 0.3 is 0 Å². The van der Waals surface area contributed by atoms with Crippen molar-refractivity contribution in [3.8, 4) is 0 Å². The topological polar surface area (TPSA) is 99.3 Å². The quantitative estimate of drug-likeness (QED) is 0.786. The highest BCUT2D eigenvalue weighted by Crippen LogP contribution is 2.10. The van der Waals surface area contributed by atoms with Crippen molar-refractivity contribution in [2.24, 2.45) is 0 Å². The first-order valence-electron chi connectivity index (χ1n) is 5.32. The number of nitrogens with zero attached hydrogens (tertiary/aromatic N) is 1. The molecule has 0 spiro atoms. The standard InChI is InChI=1S/C10H14ClN3O4S/c1-14(2)9(15)3-4-13-19(17,18)7-5-8(11)10(16)12-6-7/h5-6,13H,3-4H2,1-2H3,(H,12,16). The molecule has 19 heavy (non-hydrogen) atoms. The van der Waals surface area contributed by atoms with E-state index < -0.39 is 15.6 Å². The SMILES string of the molecule is CN(C)C(=O)CCNS(=O)(=O)c1c[nH]c(=O)c(Cl)c1. The van der Waals surface area contributed by atoms with Gasteiger partial charge in [0, 0.05) is 33.3 Å². The number of carbonyl (C=O) groups excluding carboxylic acids is 1. The summed E-state index contributed by atoms with van der Waals surface area (Å²) < 4.78 is 25.9. The Labute approximate surface area is 115 Å². The van der Waals surface area contributed by atoms with E-state index >= 15 is 0 Å². The van der Waals surface area contributed by atoms with Crippen molar-refractivity contribution >= 4 is 27.5 Å². The minimum absolute atomic E-state index is 0.0317. The van der Waals surface area contributed by atoms with E-state index in [9.17, 15) is 18.0 Å². The van der Waals surface area contributed by atoms with Crippen LogP contribution in [-0.2, 0) is 14.8 Å². The summed E-state index contributed by atoms with van der Waals surface area (Å²) >= 11 is 5.55.